The van der Waals surface area contributed by atoms with Crippen LogP contribution in [0.1, 0.15) is 45.5 Å². The lowest BCUT2D eigenvalue weighted by molar-refractivity contribution is -0.142. The Kier molecular flexibility index (Phi) is 7.36. The van der Waals surface area contributed by atoms with Gasteiger partial charge >= 0.3 is 0 Å². The molecule has 3 atom stereocenters. The maximum atomic E-state index is 13.3. The summed E-state index contributed by atoms with van der Waals surface area (Å²) < 4.78 is 1.99. The minimum absolute atomic E-state index is 0.142. The number of nitrogens with one attached hydrogen (secondary N) is 2. The minimum Gasteiger partial charge on any atom is -0.391 e. The molecule has 1 fully saturated rings. The lowest BCUT2D eigenvalue weighted by Crippen LogP contribution is -2.56. The number of carbonyl (C=O) groups is 2. The third-order valence-corrected chi connectivity index (χ3v) is 5.89. The topological polar surface area (TPSA) is 99.5 Å². The number of aromatic nitrogens is 2. The smallest absolute Gasteiger partial charge is 0.243 e. The van der Waals surface area contributed by atoms with Crippen LogP contribution in [0.25, 0.3) is 5.69 Å². The molecule has 0 unspecified atom stereocenters. The summed E-state index contributed by atoms with van der Waals surface area (Å²) in [6.45, 7) is 11.1. The number of amides is 2. The number of likely N-dealkylation sites (N-methyl/N-ethyl adjacent to an activating group) is 1. The van der Waals surface area contributed by atoms with Gasteiger partial charge in [-0.25, -0.2) is 4.98 Å². The van der Waals surface area contributed by atoms with Gasteiger partial charge in [0.1, 0.15) is 11.9 Å². The van der Waals surface area contributed by atoms with Crippen LogP contribution < -0.4 is 10.6 Å². The molecular weight excluding hydrogens is 406 g/mol. The molecule has 2 amide bonds. The molecule has 0 saturated carbocycles. The van der Waals surface area contributed by atoms with E-state index < -0.39 is 18.2 Å². The molecule has 1 aromatic heterocycles. The second kappa shape index (κ2) is 9.83. The Bertz CT molecular complexity index is 932. The Labute approximate surface area is 190 Å². The van der Waals surface area contributed by atoms with E-state index in [0.717, 1.165) is 17.1 Å². The van der Waals surface area contributed by atoms with E-state index in [0.29, 0.717) is 13.1 Å². The van der Waals surface area contributed by atoms with Crippen LogP contribution in [-0.2, 0) is 16.1 Å². The largest absolute Gasteiger partial charge is 0.391 e. The van der Waals surface area contributed by atoms with Crippen molar-refractivity contribution in [3.63, 3.8) is 0 Å². The molecule has 0 aliphatic carbocycles. The Hall–Kier alpha value is -2.71. The Balaban J connectivity index is 1.65. The highest BCUT2D eigenvalue weighted by Gasteiger charge is 2.43. The number of hydrogen-bond donors (Lipinski definition) is 3. The van der Waals surface area contributed by atoms with Gasteiger partial charge in [0.15, 0.2) is 0 Å². The molecule has 0 radical (unpaired) electrons. The first-order valence-electron chi connectivity index (χ1n) is 11.2. The predicted octanol–water partition coefficient (Wildman–Crippen LogP) is 1.78. The zero-order valence-corrected chi connectivity index (χ0v) is 19.6. The average molecular weight is 442 g/mol. The van der Waals surface area contributed by atoms with Crippen LogP contribution in [0.4, 0.5) is 0 Å². The van der Waals surface area contributed by atoms with Crippen LogP contribution in [0.3, 0.4) is 0 Å². The Morgan fingerprint density at radius 3 is 2.50 bits per heavy atom. The SMILES string of the molecule is CCN[C@H](C(=O)N1C[C@H](O)C[C@H]1C(=O)NCc1ccc(-n2ccnc2C)cc1)C(C)(C)C. The van der Waals surface area contributed by atoms with Gasteiger partial charge in [0.2, 0.25) is 11.8 Å². The second-order valence-corrected chi connectivity index (χ2v) is 9.48. The molecule has 0 bridgehead atoms. The predicted molar refractivity (Wildman–Crippen MR) is 123 cm³/mol. The van der Waals surface area contributed by atoms with Gasteiger partial charge < -0.3 is 25.2 Å². The molecule has 1 aromatic carbocycles. The molecule has 2 aromatic rings. The summed E-state index contributed by atoms with van der Waals surface area (Å²) in [5, 5.41) is 16.4. The second-order valence-electron chi connectivity index (χ2n) is 9.48. The van der Waals surface area contributed by atoms with Crippen molar-refractivity contribution in [2.75, 3.05) is 13.1 Å². The zero-order chi connectivity index (χ0) is 23.5. The summed E-state index contributed by atoms with van der Waals surface area (Å²) in [5.74, 6) is 0.520. The van der Waals surface area contributed by atoms with Crippen molar-refractivity contribution in [2.45, 2.75) is 65.8 Å². The van der Waals surface area contributed by atoms with Gasteiger partial charge in [-0.05, 0) is 36.6 Å². The number of carbonyl (C=O) groups excluding carboxylic acids is 2. The van der Waals surface area contributed by atoms with E-state index in [1.165, 1.54) is 4.90 Å². The molecule has 3 rings (SSSR count). The number of aliphatic hydroxyl groups excluding tert-OH is 1. The van der Waals surface area contributed by atoms with E-state index in [9.17, 15) is 14.7 Å². The summed E-state index contributed by atoms with van der Waals surface area (Å²) in [6.07, 6.45) is 3.21. The van der Waals surface area contributed by atoms with E-state index in [1.807, 2.05) is 69.6 Å². The van der Waals surface area contributed by atoms with Crippen molar-refractivity contribution < 1.29 is 14.7 Å². The fourth-order valence-corrected chi connectivity index (χ4v) is 4.17. The third-order valence-electron chi connectivity index (χ3n) is 5.89. The Morgan fingerprint density at radius 2 is 1.94 bits per heavy atom. The standard InChI is InChI=1S/C24H35N5O3/c1-6-25-21(24(3,4)5)23(32)29-15-19(30)13-20(29)22(31)27-14-17-7-9-18(10-8-17)28-12-11-26-16(28)2/h7-12,19-21,25,30H,6,13-15H2,1-5H3,(H,27,31)/t19-,20+,21-/m1/s1. The van der Waals surface area contributed by atoms with Crippen LogP contribution in [0, 0.1) is 12.3 Å². The van der Waals surface area contributed by atoms with Gasteiger partial charge in [0.05, 0.1) is 12.1 Å². The highest BCUT2D eigenvalue weighted by molar-refractivity contribution is 5.91. The number of aryl methyl sites for hydroxylation is 1. The molecular formula is C24H35N5O3. The van der Waals surface area contributed by atoms with Gasteiger partial charge in [0.25, 0.3) is 0 Å². The van der Waals surface area contributed by atoms with E-state index >= 15 is 0 Å². The number of benzene rings is 1. The first-order valence-corrected chi connectivity index (χ1v) is 11.2. The third kappa shape index (κ3) is 5.37. The van der Waals surface area contributed by atoms with Gasteiger partial charge in [-0.1, -0.05) is 39.8 Å². The van der Waals surface area contributed by atoms with Crippen molar-refractivity contribution in [3.05, 3.63) is 48.0 Å². The molecule has 32 heavy (non-hydrogen) atoms. The first kappa shape index (κ1) is 23.9. The number of aliphatic hydroxyl groups is 1. The molecule has 174 valence electrons. The number of imidazole rings is 1. The van der Waals surface area contributed by atoms with Gasteiger partial charge in [-0.3, -0.25) is 9.59 Å². The van der Waals surface area contributed by atoms with Crippen LogP contribution in [0.15, 0.2) is 36.7 Å². The number of rotatable bonds is 7. The summed E-state index contributed by atoms with van der Waals surface area (Å²) in [5.41, 5.74) is 1.65. The highest BCUT2D eigenvalue weighted by atomic mass is 16.3. The van der Waals surface area contributed by atoms with Crippen molar-refractivity contribution in [2.24, 2.45) is 5.41 Å². The van der Waals surface area contributed by atoms with Gasteiger partial charge in [-0.15, -0.1) is 0 Å². The molecule has 3 N–H and O–H groups in total. The van der Waals surface area contributed by atoms with Gasteiger partial charge in [-0.2, -0.15) is 0 Å². The van der Waals surface area contributed by atoms with E-state index in [4.69, 9.17) is 0 Å². The van der Waals surface area contributed by atoms with Crippen LogP contribution in [0.2, 0.25) is 0 Å². The summed E-state index contributed by atoms with van der Waals surface area (Å²) >= 11 is 0. The van der Waals surface area contributed by atoms with E-state index in [2.05, 4.69) is 15.6 Å². The highest BCUT2D eigenvalue weighted by Crippen LogP contribution is 2.26. The van der Waals surface area contributed by atoms with Crippen LogP contribution >= 0.6 is 0 Å². The maximum absolute atomic E-state index is 13.3. The van der Waals surface area contributed by atoms with Gasteiger partial charge in [0, 0.05) is 37.6 Å². The minimum atomic E-state index is -0.699. The molecule has 1 aliphatic rings. The average Bonchev–Trinajstić information content (AvgIpc) is 3.35. The summed E-state index contributed by atoms with van der Waals surface area (Å²) in [4.78, 5) is 32.0. The monoisotopic (exact) mass is 441 g/mol. The van der Waals surface area contributed by atoms with Crippen molar-refractivity contribution in [3.8, 4) is 5.69 Å². The fourth-order valence-electron chi connectivity index (χ4n) is 4.17. The zero-order valence-electron chi connectivity index (χ0n) is 19.6. The van der Waals surface area contributed by atoms with E-state index in [1.54, 1.807) is 6.20 Å². The van der Waals surface area contributed by atoms with Crippen LogP contribution in [-0.4, -0.2) is 62.6 Å². The molecule has 2 heterocycles. The molecule has 1 aliphatic heterocycles. The number of hydrogen-bond acceptors (Lipinski definition) is 5. The lowest BCUT2D eigenvalue weighted by atomic mass is 9.85. The molecule has 8 nitrogen and oxygen atoms in total. The number of likely N-dealkylation sites (tertiary alicyclic amines) is 1. The first-order chi connectivity index (χ1) is 15.1. The maximum Gasteiger partial charge on any atom is 0.243 e. The lowest BCUT2D eigenvalue weighted by Gasteiger charge is -2.35. The number of β-amino-alcohol motifs (C(OH)–C–C–N with tert-alkyl or cyclic N) is 1. The van der Waals surface area contributed by atoms with E-state index in [-0.39, 0.29) is 30.2 Å². The molecule has 0 spiro atoms. The van der Waals surface area contributed by atoms with Crippen molar-refractivity contribution in [1.29, 1.82) is 0 Å². The molecule has 1 saturated heterocycles. The summed E-state index contributed by atoms with van der Waals surface area (Å²) in [7, 11) is 0. The molecule has 8 heteroatoms. The van der Waals surface area contributed by atoms with Crippen LogP contribution in [0.5, 0.6) is 0 Å². The Morgan fingerprint density at radius 1 is 1.25 bits per heavy atom. The van der Waals surface area contributed by atoms with Crippen molar-refractivity contribution >= 4 is 11.8 Å². The van der Waals surface area contributed by atoms with Crippen molar-refractivity contribution in [1.82, 2.24) is 25.1 Å². The normalized spacial score (nSPS) is 19.8. The quantitative estimate of drug-likeness (QED) is 0.608. The summed E-state index contributed by atoms with van der Waals surface area (Å²) in [6, 6.07) is 6.79. The fraction of sp³-hybridized carbons (Fsp3) is 0.542. The number of nitrogens with zero attached hydrogens (tertiary/aromatic N) is 3.